The summed E-state index contributed by atoms with van der Waals surface area (Å²) in [5.41, 5.74) is 2.34. The van der Waals surface area contributed by atoms with Crippen LogP contribution in [-0.2, 0) is 6.42 Å². The summed E-state index contributed by atoms with van der Waals surface area (Å²) in [6.07, 6.45) is 7.45. The van der Waals surface area contributed by atoms with Crippen molar-refractivity contribution in [2.24, 2.45) is 0 Å². The van der Waals surface area contributed by atoms with Gasteiger partial charge in [-0.15, -0.1) is 0 Å². The zero-order chi connectivity index (χ0) is 21.6. The van der Waals surface area contributed by atoms with Crippen molar-refractivity contribution in [1.29, 1.82) is 0 Å². The highest BCUT2D eigenvalue weighted by molar-refractivity contribution is 5.91. The highest BCUT2D eigenvalue weighted by atomic mass is 16.4. The number of carbonyl (C=O) groups is 1. The van der Waals surface area contributed by atoms with Crippen LogP contribution in [0.2, 0.25) is 0 Å². The molecule has 2 aromatic heterocycles. The Balaban J connectivity index is 1.38. The zero-order valence-corrected chi connectivity index (χ0v) is 18.6. The summed E-state index contributed by atoms with van der Waals surface area (Å²) < 4.78 is 5.84. The second-order valence-corrected chi connectivity index (χ2v) is 8.36. The Morgan fingerprint density at radius 2 is 2.00 bits per heavy atom. The maximum absolute atomic E-state index is 12.9. The number of rotatable bonds is 9. The smallest absolute Gasteiger partial charge is 0.298 e. The van der Waals surface area contributed by atoms with Crippen LogP contribution in [0.5, 0.6) is 0 Å². The molecule has 1 fully saturated rings. The number of aromatic nitrogens is 2. The lowest BCUT2D eigenvalue weighted by molar-refractivity contribution is 0.0907. The molecule has 0 spiro atoms. The van der Waals surface area contributed by atoms with Crippen molar-refractivity contribution in [3.05, 3.63) is 48.0 Å². The van der Waals surface area contributed by atoms with Crippen molar-refractivity contribution in [2.45, 2.75) is 45.6 Å². The molecule has 1 unspecified atom stereocenters. The minimum absolute atomic E-state index is 0.0443. The largest absolute Gasteiger partial charge is 0.418 e. The first kappa shape index (κ1) is 21.4. The lowest BCUT2D eigenvalue weighted by Gasteiger charge is -2.33. The minimum atomic E-state index is -0.193. The molecule has 1 aliphatic heterocycles. The van der Waals surface area contributed by atoms with Gasteiger partial charge in [0.1, 0.15) is 0 Å². The van der Waals surface area contributed by atoms with Crippen molar-refractivity contribution in [3.63, 3.8) is 0 Å². The van der Waals surface area contributed by atoms with Crippen LogP contribution in [0.25, 0.3) is 10.9 Å². The van der Waals surface area contributed by atoms with Gasteiger partial charge in [0.2, 0.25) is 5.76 Å². The third-order valence-corrected chi connectivity index (χ3v) is 6.01. The summed E-state index contributed by atoms with van der Waals surface area (Å²) >= 11 is 0. The molecule has 3 aromatic rings. The number of aromatic amines is 1. The predicted molar refractivity (Wildman–Crippen MR) is 124 cm³/mol. The molecular weight excluding hydrogens is 390 g/mol. The van der Waals surface area contributed by atoms with E-state index in [4.69, 9.17) is 4.42 Å². The number of piperazine rings is 1. The number of hydrogen-bond donors (Lipinski definition) is 2. The number of carbonyl (C=O) groups excluding carboxylic acids is 1. The van der Waals surface area contributed by atoms with Crippen LogP contribution in [0.3, 0.4) is 0 Å². The monoisotopic (exact) mass is 423 g/mol. The van der Waals surface area contributed by atoms with E-state index >= 15 is 0 Å². The molecule has 1 aliphatic rings. The summed E-state index contributed by atoms with van der Waals surface area (Å²) in [6, 6.07) is 8.86. The fourth-order valence-electron chi connectivity index (χ4n) is 4.39. The van der Waals surface area contributed by atoms with Crippen LogP contribution in [0.15, 0.2) is 41.1 Å². The molecule has 1 saturated heterocycles. The van der Waals surface area contributed by atoms with E-state index in [0.29, 0.717) is 6.01 Å². The molecule has 3 heterocycles. The van der Waals surface area contributed by atoms with Gasteiger partial charge in [0.25, 0.3) is 11.9 Å². The Hall–Kier alpha value is -2.80. The van der Waals surface area contributed by atoms with Crippen molar-refractivity contribution >= 4 is 22.8 Å². The summed E-state index contributed by atoms with van der Waals surface area (Å²) in [4.78, 5) is 25.1. The molecule has 4 rings (SSSR count). The third-order valence-electron chi connectivity index (χ3n) is 6.01. The van der Waals surface area contributed by atoms with E-state index in [1.54, 1.807) is 6.20 Å². The van der Waals surface area contributed by atoms with Gasteiger partial charge in [0.05, 0.1) is 6.20 Å². The molecule has 166 valence electrons. The molecule has 1 amide bonds. The first-order chi connectivity index (χ1) is 15.2. The maximum Gasteiger partial charge on any atom is 0.298 e. The van der Waals surface area contributed by atoms with Crippen LogP contribution < -0.4 is 10.2 Å². The lowest BCUT2D eigenvalue weighted by Crippen LogP contribution is -2.46. The van der Waals surface area contributed by atoms with Gasteiger partial charge in [-0.05, 0) is 37.4 Å². The Labute approximate surface area is 183 Å². The normalized spacial score (nSPS) is 16.0. The molecule has 1 atom stereocenters. The number of hydrogen-bond acceptors (Lipinski definition) is 5. The van der Waals surface area contributed by atoms with Crippen molar-refractivity contribution in [3.8, 4) is 0 Å². The number of nitrogens with zero attached hydrogens (tertiary/aromatic N) is 3. The van der Waals surface area contributed by atoms with Gasteiger partial charge >= 0.3 is 0 Å². The molecule has 2 N–H and O–H groups in total. The number of H-pyrrole nitrogens is 1. The number of nitrogens with one attached hydrogen (secondary N) is 2. The number of anilines is 1. The van der Waals surface area contributed by atoms with Gasteiger partial charge in [-0.1, -0.05) is 38.5 Å². The summed E-state index contributed by atoms with van der Waals surface area (Å²) in [6.45, 7) is 9.22. The quantitative estimate of drug-likeness (QED) is 0.547. The number of para-hydroxylation sites is 1. The van der Waals surface area contributed by atoms with Gasteiger partial charge < -0.3 is 19.6 Å². The molecule has 7 heteroatoms. The van der Waals surface area contributed by atoms with Crippen molar-refractivity contribution in [2.75, 3.05) is 37.6 Å². The van der Waals surface area contributed by atoms with Crippen LogP contribution in [0.4, 0.5) is 6.01 Å². The Bertz CT molecular complexity index is 987. The zero-order valence-electron chi connectivity index (χ0n) is 18.6. The average Bonchev–Trinajstić information content (AvgIpc) is 3.43. The van der Waals surface area contributed by atoms with Crippen LogP contribution >= 0.6 is 0 Å². The fraction of sp³-hybridized carbons (Fsp3) is 0.500. The Kier molecular flexibility index (Phi) is 6.92. The predicted octanol–water partition coefficient (Wildman–Crippen LogP) is 3.83. The standard InChI is InChI=1S/C24H33N5O2/c1-3-7-19(15-18-16-25-21-9-6-5-8-20(18)21)27-23(30)22-17-26-24(31-22)29-13-11-28(10-4-2)12-14-29/h5-6,8-9,16-17,19,25H,3-4,7,10-15H2,1-2H3,(H,27,30). The minimum Gasteiger partial charge on any atom is -0.418 e. The Morgan fingerprint density at radius 1 is 1.19 bits per heavy atom. The van der Waals surface area contributed by atoms with E-state index in [0.717, 1.165) is 57.5 Å². The Morgan fingerprint density at radius 3 is 2.77 bits per heavy atom. The summed E-state index contributed by atoms with van der Waals surface area (Å²) in [5.74, 6) is 0.0904. The molecule has 7 nitrogen and oxygen atoms in total. The molecule has 0 saturated carbocycles. The SMILES string of the molecule is CCCC(Cc1c[nH]c2ccccc12)NC(=O)c1cnc(N2CCN(CCC)CC2)o1. The van der Waals surface area contributed by atoms with Gasteiger partial charge in [-0.3, -0.25) is 9.69 Å². The van der Waals surface area contributed by atoms with Gasteiger partial charge in [0.15, 0.2) is 0 Å². The van der Waals surface area contributed by atoms with Crippen LogP contribution in [0.1, 0.15) is 49.2 Å². The van der Waals surface area contributed by atoms with Gasteiger partial charge in [-0.2, -0.15) is 0 Å². The first-order valence-corrected chi connectivity index (χ1v) is 11.5. The van der Waals surface area contributed by atoms with Crippen molar-refractivity contribution < 1.29 is 9.21 Å². The average molecular weight is 424 g/mol. The third kappa shape index (κ3) is 5.10. The molecule has 0 radical (unpaired) electrons. The van der Waals surface area contributed by atoms with Gasteiger partial charge in [-0.25, -0.2) is 4.98 Å². The highest BCUT2D eigenvalue weighted by Gasteiger charge is 2.23. The number of amides is 1. The molecule has 0 aliphatic carbocycles. The molecule has 0 bridgehead atoms. The fourth-order valence-corrected chi connectivity index (χ4v) is 4.39. The number of benzene rings is 1. The number of fused-ring (bicyclic) bond motifs is 1. The van der Waals surface area contributed by atoms with E-state index in [9.17, 15) is 4.79 Å². The maximum atomic E-state index is 12.9. The highest BCUT2D eigenvalue weighted by Crippen LogP contribution is 2.21. The molecule has 1 aromatic carbocycles. The molecular formula is C24H33N5O2. The van der Waals surface area contributed by atoms with Crippen LogP contribution in [-0.4, -0.2) is 59.5 Å². The van der Waals surface area contributed by atoms with E-state index < -0.39 is 0 Å². The first-order valence-electron chi connectivity index (χ1n) is 11.5. The second kappa shape index (κ2) is 10.0. The topological polar surface area (TPSA) is 77.4 Å². The van der Waals surface area contributed by atoms with E-state index in [2.05, 4.69) is 51.1 Å². The van der Waals surface area contributed by atoms with Gasteiger partial charge in [0, 0.05) is 49.3 Å². The van der Waals surface area contributed by atoms with E-state index in [-0.39, 0.29) is 17.7 Å². The molecule has 31 heavy (non-hydrogen) atoms. The van der Waals surface area contributed by atoms with E-state index in [1.807, 2.05) is 18.3 Å². The van der Waals surface area contributed by atoms with Crippen LogP contribution in [0, 0.1) is 0 Å². The summed E-state index contributed by atoms with van der Waals surface area (Å²) in [5, 5.41) is 4.37. The number of oxazole rings is 1. The van der Waals surface area contributed by atoms with Crippen molar-refractivity contribution in [1.82, 2.24) is 20.2 Å². The second-order valence-electron chi connectivity index (χ2n) is 8.36. The summed E-state index contributed by atoms with van der Waals surface area (Å²) in [7, 11) is 0. The van der Waals surface area contributed by atoms with E-state index in [1.165, 1.54) is 17.4 Å². The lowest BCUT2D eigenvalue weighted by atomic mass is 10.0.